The molecule has 4 heterocycles. The van der Waals surface area contributed by atoms with E-state index in [1.165, 1.54) is 5.57 Å². The number of nitrogens with one attached hydrogen (secondary N) is 1. The van der Waals surface area contributed by atoms with Crippen molar-refractivity contribution in [3.63, 3.8) is 0 Å². The third-order valence-corrected chi connectivity index (χ3v) is 5.02. The number of rotatable bonds is 4. The SMILES string of the molecule is Cc1nc(C)c(C(=O)Nc2cccc(-c3nc4ncc(C5=CCOCC5)cn4n3)c2)o1. The number of nitrogens with zero attached hydrogens (tertiary/aromatic N) is 5. The Hall–Kier alpha value is -3.85. The molecular formula is C22H20N6O3. The smallest absolute Gasteiger partial charge is 0.293 e. The molecule has 31 heavy (non-hydrogen) atoms. The first kappa shape index (κ1) is 19.1. The van der Waals surface area contributed by atoms with Crippen LogP contribution in [-0.4, -0.2) is 43.7 Å². The minimum atomic E-state index is -0.353. The molecule has 0 unspecified atom stereocenters. The van der Waals surface area contributed by atoms with E-state index in [0.717, 1.165) is 17.5 Å². The number of amides is 1. The summed E-state index contributed by atoms with van der Waals surface area (Å²) in [5.41, 5.74) is 4.12. The molecule has 0 radical (unpaired) electrons. The fourth-order valence-corrected chi connectivity index (χ4v) is 3.53. The van der Waals surface area contributed by atoms with Gasteiger partial charge in [0.05, 0.1) is 18.9 Å². The Morgan fingerprint density at radius 2 is 2.10 bits per heavy atom. The van der Waals surface area contributed by atoms with Crippen LogP contribution in [0.25, 0.3) is 22.7 Å². The zero-order valence-corrected chi connectivity index (χ0v) is 17.1. The summed E-state index contributed by atoms with van der Waals surface area (Å²) in [5.74, 6) is 1.33. The number of hydrogen-bond acceptors (Lipinski definition) is 7. The fourth-order valence-electron chi connectivity index (χ4n) is 3.53. The molecule has 0 aliphatic carbocycles. The van der Waals surface area contributed by atoms with Crippen molar-refractivity contribution in [2.45, 2.75) is 20.3 Å². The monoisotopic (exact) mass is 416 g/mol. The molecule has 1 N–H and O–H groups in total. The van der Waals surface area contributed by atoms with Crippen LogP contribution in [-0.2, 0) is 4.74 Å². The summed E-state index contributed by atoms with van der Waals surface area (Å²) in [5, 5.41) is 7.42. The highest BCUT2D eigenvalue weighted by Crippen LogP contribution is 2.23. The van der Waals surface area contributed by atoms with Gasteiger partial charge in [0.1, 0.15) is 0 Å². The summed E-state index contributed by atoms with van der Waals surface area (Å²) in [7, 11) is 0. The molecule has 1 aromatic carbocycles. The normalized spacial score (nSPS) is 13.9. The number of hydrogen-bond donors (Lipinski definition) is 1. The number of aryl methyl sites for hydroxylation is 2. The average molecular weight is 416 g/mol. The molecule has 5 rings (SSSR count). The standard InChI is InChI=1S/C22H20N6O3/c1-13-19(31-14(2)24-13)21(29)25-18-5-3-4-16(10-18)20-26-22-23-11-17(12-28(22)27-20)15-6-8-30-9-7-15/h3-6,10-12H,7-9H2,1-2H3,(H,25,29). The molecular weight excluding hydrogens is 396 g/mol. The van der Waals surface area contributed by atoms with E-state index in [1.54, 1.807) is 24.4 Å². The molecule has 0 fully saturated rings. The van der Waals surface area contributed by atoms with Gasteiger partial charge in [0.15, 0.2) is 11.7 Å². The first-order valence-corrected chi connectivity index (χ1v) is 9.92. The van der Waals surface area contributed by atoms with Crippen LogP contribution in [0.2, 0.25) is 0 Å². The topological polar surface area (TPSA) is 107 Å². The van der Waals surface area contributed by atoms with Crippen molar-refractivity contribution in [1.82, 2.24) is 24.6 Å². The summed E-state index contributed by atoms with van der Waals surface area (Å²) in [6.45, 7) is 4.76. The summed E-state index contributed by atoms with van der Waals surface area (Å²) in [4.78, 5) is 25.6. The minimum Gasteiger partial charge on any atom is -0.436 e. The maximum absolute atomic E-state index is 12.5. The molecule has 0 bridgehead atoms. The minimum absolute atomic E-state index is 0.202. The lowest BCUT2D eigenvalue weighted by molar-refractivity contribution is 0.0994. The van der Waals surface area contributed by atoms with Crippen LogP contribution in [0.15, 0.2) is 47.2 Å². The predicted molar refractivity (Wildman–Crippen MR) is 114 cm³/mol. The Kier molecular flexibility index (Phi) is 4.79. The van der Waals surface area contributed by atoms with Crippen LogP contribution in [0.1, 0.15) is 34.1 Å². The molecule has 1 aliphatic rings. The Morgan fingerprint density at radius 3 is 2.87 bits per heavy atom. The van der Waals surface area contributed by atoms with Crippen molar-refractivity contribution in [2.75, 3.05) is 18.5 Å². The van der Waals surface area contributed by atoms with Crippen molar-refractivity contribution in [3.8, 4) is 11.4 Å². The lowest BCUT2D eigenvalue weighted by Crippen LogP contribution is -2.12. The second-order valence-corrected chi connectivity index (χ2v) is 7.26. The number of ether oxygens (including phenoxy) is 1. The van der Waals surface area contributed by atoms with E-state index in [9.17, 15) is 4.79 Å². The number of benzene rings is 1. The van der Waals surface area contributed by atoms with E-state index < -0.39 is 0 Å². The summed E-state index contributed by atoms with van der Waals surface area (Å²) >= 11 is 0. The molecule has 0 atom stereocenters. The molecule has 0 saturated heterocycles. The fraction of sp³-hybridized carbons (Fsp3) is 0.227. The van der Waals surface area contributed by atoms with Crippen LogP contribution in [0.4, 0.5) is 5.69 Å². The van der Waals surface area contributed by atoms with Gasteiger partial charge in [-0.3, -0.25) is 4.79 Å². The average Bonchev–Trinajstić information content (AvgIpc) is 3.36. The zero-order chi connectivity index (χ0) is 21.4. The zero-order valence-electron chi connectivity index (χ0n) is 17.1. The molecule has 3 aromatic heterocycles. The van der Waals surface area contributed by atoms with Gasteiger partial charge in [0.25, 0.3) is 11.7 Å². The molecule has 1 amide bonds. The summed E-state index contributed by atoms with van der Waals surface area (Å²) in [6.07, 6.45) is 6.65. The molecule has 156 valence electrons. The van der Waals surface area contributed by atoms with Crippen LogP contribution < -0.4 is 5.32 Å². The molecule has 1 aliphatic heterocycles. The first-order valence-electron chi connectivity index (χ1n) is 9.92. The molecule has 9 heteroatoms. The van der Waals surface area contributed by atoms with E-state index >= 15 is 0 Å². The molecule has 4 aromatic rings. The van der Waals surface area contributed by atoms with E-state index in [2.05, 4.69) is 31.4 Å². The lowest BCUT2D eigenvalue weighted by atomic mass is 10.1. The van der Waals surface area contributed by atoms with Gasteiger partial charge in [-0.15, -0.1) is 5.10 Å². The van der Waals surface area contributed by atoms with Crippen molar-refractivity contribution in [3.05, 3.63) is 65.6 Å². The van der Waals surface area contributed by atoms with E-state index in [0.29, 0.717) is 42.1 Å². The summed E-state index contributed by atoms with van der Waals surface area (Å²) < 4.78 is 12.4. The van der Waals surface area contributed by atoms with Gasteiger partial charge >= 0.3 is 0 Å². The van der Waals surface area contributed by atoms with E-state index in [4.69, 9.17) is 9.15 Å². The Bertz CT molecular complexity index is 1320. The maximum atomic E-state index is 12.5. The number of aromatic nitrogens is 5. The number of carbonyl (C=O) groups excluding carboxylic acids is 1. The second kappa shape index (κ2) is 7.77. The quantitative estimate of drug-likeness (QED) is 0.543. The van der Waals surface area contributed by atoms with Gasteiger partial charge < -0.3 is 14.5 Å². The first-order chi connectivity index (χ1) is 15.1. The van der Waals surface area contributed by atoms with Gasteiger partial charge in [-0.2, -0.15) is 4.98 Å². The van der Waals surface area contributed by atoms with Crippen molar-refractivity contribution in [2.24, 2.45) is 0 Å². The Morgan fingerprint density at radius 1 is 1.19 bits per heavy atom. The molecule has 9 nitrogen and oxygen atoms in total. The largest absolute Gasteiger partial charge is 0.436 e. The van der Waals surface area contributed by atoms with Gasteiger partial charge in [-0.25, -0.2) is 14.5 Å². The number of fused-ring (bicyclic) bond motifs is 1. The Labute approximate surface area is 177 Å². The van der Waals surface area contributed by atoms with Gasteiger partial charge in [-0.1, -0.05) is 18.2 Å². The van der Waals surface area contributed by atoms with Crippen LogP contribution >= 0.6 is 0 Å². The number of carbonyl (C=O) groups is 1. The predicted octanol–water partition coefficient (Wildman–Crippen LogP) is 3.45. The van der Waals surface area contributed by atoms with Crippen LogP contribution in [0, 0.1) is 13.8 Å². The highest BCUT2D eigenvalue weighted by atomic mass is 16.5. The summed E-state index contributed by atoms with van der Waals surface area (Å²) in [6, 6.07) is 7.33. The highest BCUT2D eigenvalue weighted by Gasteiger charge is 2.17. The van der Waals surface area contributed by atoms with Crippen molar-refractivity contribution < 1.29 is 13.9 Å². The third-order valence-electron chi connectivity index (χ3n) is 5.02. The van der Waals surface area contributed by atoms with Crippen molar-refractivity contribution >= 4 is 22.9 Å². The maximum Gasteiger partial charge on any atom is 0.293 e. The van der Waals surface area contributed by atoms with Gasteiger partial charge in [-0.05, 0) is 31.1 Å². The van der Waals surface area contributed by atoms with Gasteiger partial charge in [0, 0.05) is 36.1 Å². The lowest BCUT2D eigenvalue weighted by Gasteiger charge is -2.12. The third kappa shape index (κ3) is 3.82. The highest BCUT2D eigenvalue weighted by molar-refractivity contribution is 6.03. The Balaban J connectivity index is 1.41. The molecule has 0 spiro atoms. The number of oxazole rings is 1. The van der Waals surface area contributed by atoms with Crippen molar-refractivity contribution in [1.29, 1.82) is 0 Å². The van der Waals surface area contributed by atoms with Gasteiger partial charge in [0.2, 0.25) is 5.76 Å². The van der Waals surface area contributed by atoms with Crippen LogP contribution in [0.3, 0.4) is 0 Å². The van der Waals surface area contributed by atoms with Crippen LogP contribution in [0.5, 0.6) is 0 Å². The van der Waals surface area contributed by atoms with E-state index in [-0.39, 0.29) is 11.7 Å². The van der Waals surface area contributed by atoms with E-state index in [1.807, 2.05) is 30.6 Å². The second-order valence-electron chi connectivity index (χ2n) is 7.26. The molecule has 0 saturated carbocycles. The number of anilines is 1.